The summed E-state index contributed by atoms with van der Waals surface area (Å²) < 4.78 is 0. The van der Waals surface area contributed by atoms with Gasteiger partial charge in [0, 0.05) is 0 Å². The number of aliphatic hydroxyl groups is 1. The molecule has 0 aliphatic carbocycles. The lowest BCUT2D eigenvalue weighted by Gasteiger charge is -2.15. The maximum Gasteiger partial charge on any atom is 0.328 e. The molecule has 0 radical (unpaired) electrons. The first kappa shape index (κ1) is 23.3. The van der Waals surface area contributed by atoms with Gasteiger partial charge in [0.05, 0.1) is 32.3 Å². The van der Waals surface area contributed by atoms with Crippen LogP contribution in [0, 0.1) is 5.92 Å². The molecule has 0 spiro atoms. The van der Waals surface area contributed by atoms with Crippen molar-refractivity contribution in [3.05, 3.63) is 0 Å². The van der Waals surface area contributed by atoms with Gasteiger partial charge in [-0.1, -0.05) is 13.8 Å². The van der Waals surface area contributed by atoms with Crippen LogP contribution in [-0.2, 0) is 24.0 Å². The largest absolute Gasteiger partial charge is 0.480 e. The van der Waals surface area contributed by atoms with Crippen LogP contribution in [0.5, 0.6) is 0 Å². The molecule has 2 atom stereocenters. The van der Waals surface area contributed by atoms with Crippen molar-refractivity contribution in [2.75, 3.05) is 26.2 Å². The van der Waals surface area contributed by atoms with Gasteiger partial charge < -0.3 is 37.2 Å². The second-order valence-corrected chi connectivity index (χ2v) is 5.68. The van der Waals surface area contributed by atoms with Gasteiger partial charge in [-0.25, -0.2) is 4.79 Å². The van der Waals surface area contributed by atoms with Gasteiger partial charge in [-0.2, -0.15) is 0 Å². The quantitative estimate of drug-likeness (QED) is 0.189. The molecule has 0 heterocycles. The number of amides is 4. The monoisotopic (exact) mass is 375 g/mol. The highest BCUT2D eigenvalue weighted by molar-refractivity contribution is 5.91. The Morgan fingerprint density at radius 1 is 0.885 bits per heavy atom. The van der Waals surface area contributed by atoms with Gasteiger partial charge in [-0.3, -0.25) is 19.2 Å². The van der Waals surface area contributed by atoms with Crippen LogP contribution in [0.4, 0.5) is 0 Å². The third-order valence-corrected chi connectivity index (χ3v) is 3.15. The maximum absolute atomic E-state index is 11.6. The molecule has 12 heteroatoms. The van der Waals surface area contributed by atoms with Crippen LogP contribution in [0.3, 0.4) is 0 Å². The van der Waals surface area contributed by atoms with Gasteiger partial charge >= 0.3 is 5.97 Å². The van der Waals surface area contributed by atoms with E-state index in [2.05, 4.69) is 16.0 Å². The molecule has 0 saturated carbocycles. The fourth-order valence-electron chi connectivity index (χ4n) is 1.50. The van der Waals surface area contributed by atoms with Crippen molar-refractivity contribution in [1.29, 1.82) is 0 Å². The molecule has 8 N–H and O–H groups in total. The summed E-state index contributed by atoms with van der Waals surface area (Å²) in [6.45, 7) is 1.38. The van der Waals surface area contributed by atoms with Crippen molar-refractivity contribution < 1.29 is 34.2 Å². The Morgan fingerprint density at radius 3 is 1.77 bits per heavy atom. The molecule has 0 aromatic carbocycles. The van der Waals surface area contributed by atoms with Crippen LogP contribution in [0.25, 0.3) is 0 Å². The number of carbonyl (C=O) groups excluding carboxylic acids is 4. The third-order valence-electron chi connectivity index (χ3n) is 3.15. The van der Waals surface area contributed by atoms with Gasteiger partial charge in [-0.15, -0.1) is 0 Å². The average Bonchev–Trinajstić information content (AvgIpc) is 2.59. The third kappa shape index (κ3) is 9.54. The number of nitrogens with one attached hydrogen (secondary N) is 4. The zero-order chi connectivity index (χ0) is 20.3. The van der Waals surface area contributed by atoms with E-state index in [1.807, 2.05) is 5.32 Å². The molecule has 0 aromatic heterocycles. The van der Waals surface area contributed by atoms with Gasteiger partial charge in [0.25, 0.3) is 0 Å². The van der Waals surface area contributed by atoms with E-state index in [0.717, 1.165) is 0 Å². The van der Waals surface area contributed by atoms with E-state index in [1.165, 1.54) is 0 Å². The first-order chi connectivity index (χ1) is 12.1. The number of aliphatic carboxylic acids is 1. The van der Waals surface area contributed by atoms with Crippen molar-refractivity contribution in [3.63, 3.8) is 0 Å². The summed E-state index contributed by atoms with van der Waals surface area (Å²) in [6, 6.07) is -2.22. The van der Waals surface area contributed by atoms with Crippen molar-refractivity contribution in [3.8, 4) is 0 Å². The average molecular weight is 375 g/mol. The molecule has 0 aromatic rings. The lowest BCUT2D eigenvalue weighted by molar-refractivity contribution is -0.142. The highest BCUT2D eigenvalue weighted by Gasteiger charge is 2.19. The predicted octanol–water partition coefficient (Wildman–Crippen LogP) is -4.12. The fraction of sp³-hybridized carbons (Fsp3) is 0.643. The predicted molar refractivity (Wildman–Crippen MR) is 88.5 cm³/mol. The van der Waals surface area contributed by atoms with Crippen molar-refractivity contribution >= 4 is 29.6 Å². The van der Waals surface area contributed by atoms with E-state index in [9.17, 15) is 24.0 Å². The Kier molecular flexibility index (Phi) is 10.5. The summed E-state index contributed by atoms with van der Waals surface area (Å²) in [7, 11) is 0. The zero-order valence-electron chi connectivity index (χ0n) is 14.6. The molecule has 0 saturated heterocycles. The second-order valence-electron chi connectivity index (χ2n) is 5.68. The smallest absolute Gasteiger partial charge is 0.328 e. The molecule has 0 bridgehead atoms. The topological polar surface area (TPSA) is 200 Å². The van der Waals surface area contributed by atoms with E-state index in [1.54, 1.807) is 13.8 Å². The summed E-state index contributed by atoms with van der Waals surface area (Å²) in [5.74, 6) is -4.15. The zero-order valence-corrected chi connectivity index (χ0v) is 14.6. The van der Waals surface area contributed by atoms with Crippen molar-refractivity contribution in [1.82, 2.24) is 21.3 Å². The Morgan fingerprint density at radius 2 is 1.35 bits per heavy atom. The minimum absolute atomic E-state index is 0.0958. The number of hydrogen-bond donors (Lipinski definition) is 7. The first-order valence-electron chi connectivity index (χ1n) is 7.78. The molecular formula is C14H25N5O7. The van der Waals surface area contributed by atoms with E-state index in [0.29, 0.717) is 0 Å². The van der Waals surface area contributed by atoms with Crippen molar-refractivity contribution in [2.24, 2.45) is 11.7 Å². The fourth-order valence-corrected chi connectivity index (χ4v) is 1.50. The van der Waals surface area contributed by atoms with Crippen LogP contribution in [-0.4, -0.2) is 78.1 Å². The Hall–Kier alpha value is -2.73. The Labute approximate surface area is 149 Å². The number of carbonyl (C=O) groups is 5. The molecular weight excluding hydrogens is 350 g/mol. The first-order valence-corrected chi connectivity index (χ1v) is 7.78. The highest BCUT2D eigenvalue weighted by atomic mass is 16.4. The second kappa shape index (κ2) is 11.8. The van der Waals surface area contributed by atoms with Crippen LogP contribution in [0.2, 0.25) is 0 Å². The molecule has 26 heavy (non-hydrogen) atoms. The molecule has 0 rings (SSSR count). The van der Waals surface area contributed by atoms with E-state index < -0.39 is 61.4 Å². The van der Waals surface area contributed by atoms with Crippen LogP contribution >= 0.6 is 0 Å². The number of rotatable bonds is 11. The number of carboxylic acid groups (broad SMARTS) is 1. The van der Waals surface area contributed by atoms with Crippen LogP contribution < -0.4 is 27.0 Å². The van der Waals surface area contributed by atoms with E-state index in [4.69, 9.17) is 15.9 Å². The lowest BCUT2D eigenvalue weighted by atomic mass is 10.1. The molecule has 0 aliphatic heterocycles. The summed E-state index contributed by atoms with van der Waals surface area (Å²) in [6.07, 6.45) is 0. The molecule has 0 fully saturated rings. The standard InChI is InChI=1S/C14H25N5O7/c1-7(2)12(15)13(24)18-4-10(22)16-3-9(21)17-5-11(23)19-8(6-20)14(25)26/h7-8,12,20H,3-6,15H2,1-2H3,(H,16,22)(H,17,21)(H,18,24)(H,19,23)(H,25,26)/t8-,12-/m0/s1. The number of aliphatic hydroxyl groups excluding tert-OH is 1. The molecule has 4 amide bonds. The number of hydrogen-bond acceptors (Lipinski definition) is 7. The summed E-state index contributed by atoms with van der Waals surface area (Å²) in [4.78, 5) is 56.6. The molecule has 0 aliphatic rings. The van der Waals surface area contributed by atoms with Crippen LogP contribution in [0.15, 0.2) is 0 Å². The Balaban J connectivity index is 4.04. The van der Waals surface area contributed by atoms with E-state index >= 15 is 0 Å². The summed E-state index contributed by atoms with van der Waals surface area (Å²) in [5, 5.41) is 26.1. The van der Waals surface area contributed by atoms with Crippen LogP contribution in [0.1, 0.15) is 13.8 Å². The number of carboxylic acids is 1. The SMILES string of the molecule is CC(C)[C@H](N)C(=O)NCC(=O)NCC(=O)NCC(=O)N[C@@H](CO)C(=O)O. The normalized spacial score (nSPS) is 12.7. The van der Waals surface area contributed by atoms with Gasteiger partial charge in [0.2, 0.25) is 23.6 Å². The maximum atomic E-state index is 11.6. The molecule has 0 unspecified atom stereocenters. The Bertz CT molecular complexity index is 538. The minimum atomic E-state index is -1.47. The molecule has 148 valence electrons. The minimum Gasteiger partial charge on any atom is -0.480 e. The lowest BCUT2D eigenvalue weighted by Crippen LogP contribution is -2.49. The highest BCUT2D eigenvalue weighted by Crippen LogP contribution is 1.97. The van der Waals surface area contributed by atoms with Gasteiger partial charge in [0.1, 0.15) is 6.04 Å². The summed E-state index contributed by atoms with van der Waals surface area (Å²) >= 11 is 0. The molecule has 12 nitrogen and oxygen atoms in total. The van der Waals surface area contributed by atoms with E-state index in [-0.39, 0.29) is 12.5 Å². The summed E-state index contributed by atoms with van der Waals surface area (Å²) in [5.41, 5.74) is 5.60. The van der Waals surface area contributed by atoms with Gasteiger partial charge in [0.15, 0.2) is 0 Å². The van der Waals surface area contributed by atoms with Crippen molar-refractivity contribution in [2.45, 2.75) is 25.9 Å². The number of nitrogens with two attached hydrogens (primary N) is 1. The van der Waals surface area contributed by atoms with Gasteiger partial charge in [-0.05, 0) is 5.92 Å².